The third-order valence-corrected chi connectivity index (χ3v) is 4.32. The summed E-state index contributed by atoms with van der Waals surface area (Å²) in [6, 6.07) is 0. The normalized spacial score (nSPS) is 11.7. The molecule has 2 heterocycles. The highest BCUT2D eigenvalue weighted by molar-refractivity contribution is 7.37. The van der Waals surface area contributed by atoms with Crippen molar-refractivity contribution in [2.45, 2.75) is 26.4 Å². The molecule has 0 spiro atoms. The molecule has 0 bridgehead atoms. The second-order valence-electron chi connectivity index (χ2n) is 4.83. The molecule has 96 valence electrons. The first kappa shape index (κ1) is 13.0. The number of nitrogens with two attached hydrogens (primary N) is 1. The number of carbonyl (C=O) groups excluding carboxylic acids is 2. The van der Waals surface area contributed by atoms with Crippen LogP contribution >= 0.6 is 22.7 Å². The van der Waals surface area contributed by atoms with E-state index in [4.69, 9.17) is 10.5 Å². The standard InChI is InChI=1S/C12H13NO3S2/c1-12(2,3)16-10(15)7-5-18-11-8(7)6(4-17-11)9(13)14/h4-5H,1-3H3,(H2,13,14). The van der Waals surface area contributed by atoms with Crippen LogP contribution in [-0.4, -0.2) is 17.5 Å². The summed E-state index contributed by atoms with van der Waals surface area (Å²) < 4.78 is 6.22. The molecule has 1 amide bonds. The van der Waals surface area contributed by atoms with Gasteiger partial charge in [0, 0.05) is 16.1 Å². The van der Waals surface area contributed by atoms with E-state index in [1.165, 1.54) is 22.7 Å². The lowest BCUT2D eigenvalue weighted by Gasteiger charge is -2.19. The molecule has 0 atom stereocenters. The Labute approximate surface area is 112 Å². The van der Waals surface area contributed by atoms with Gasteiger partial charge in [0.05, 0.1) is 15.1 Å². The first-order chi connectivity index (χ1) is 8.29. The zero-order valence-corrected chi connectivity index (χ0v) is 11.9. The highest BCUT2D eigenvalue weighted by Crippen LogP contribution is 2.35. The molecule has 18 heavy (non-hydrogen) atoms. The molecule has 6 heteroatoms. The highest BCUT2D eigenvalue weighted by Gasteiger charge is 2.24. The van der Waals surface area contributed by atoms with Gasteiger partial charge in [-0.05, 0) is 20.8 Å². The zero-order valence-electron chi connectivity index (χ0n) is 10.3. The minimum Gasteiger partial charge on any atom is -0.456 e. The average molecular weight is 283 g/mol. The number of hydrogen-bond donors (Lipinski definition) is 1. The van der Waals surface area contributed by atoms with Gasteiger partial charge in [0.2, 0.25) is 5.91 Å². The maximum Gasteiger partial charge on any atom is 0.340 e. The van der Waals surface area contributed by atoms with E-state index >= 15 is 0 Å². The Morgan fingerprint density at radius 2 is 1.72 bits per heavy atom. The number of thiophene rings is 2. The van der Waals surface area contributed by atoms with E-state index < -0.39 is 17.5 Å². The Kier molecular flexibility index (Phi) is 3.16. The predicted octanol–water partition coefficient (Wildman–Crippen LogP) is 3.02. The van der Waals surface area contributed by atoms with Gasteiger partial charge in [-0.2, -0.15) is 0 Å². The summed E-state index contributed by atoms with van der Waals surface area (Å²) in [7, 11) is 0. The van der Waals surface area contributed by atoms with Crippen molar-refractivity contribution in [1.29, 1.82) is 0 Å². The number of hydrogen-bond acceptors (Lipinski definition) is 5. The van der Waals surface area contributed by atoms with Gasteiger partial charge in [0.1, 0.15) is 5.60 Å². The van der Waals surface area contributed by atoms with Crippen molar-refractivity contribution in [2.75, 3.05) is 0 Å². The van der Waals surface area contributed by atoms with E-state index in [0.29, 0.717) is 16.5 Å². The first-order valence-electron chi connectivity index (χ1n) is 5.31. The molecule has 2 N–H and O–H groups in total. The summed E-state index contributed by atoms with van der Waals surface area (Å²) in [5, 5.41) is 4.01. The second-order valence-corrected chi connectivity index (χ2v) is 6.85. The van der Waals surface area contributed by atoms with Crippen LogP contribution in [-0.2, 0) is 4.74 Å². The Balaban J connectivity index is 2.48. The number of amides is 1. The van der Waals surface area contributed by atoms with E-state index in [-0.39, 0.29) is 0 Å². The van der Waals surface area contributed by atoms with Crippen molar-refractivity contribution in [3.63, 3.8) is 0 Å². The molecule has 0 saturated carbocycles. The first-order valence-corrected chi connectivity index (χ1v) is 7.07. The van der Waals surface area contributed by atoms with E-state index in [1.807, 2.05) is 0 Å². The number of ether oxygens (including phenoxy) is 1. The third kappa shape index (κ3) is 2.39. The number of fused-ring (bicyclic) bond motifs is 1. The average Bonchev–Trinajstić information content (AvgIpc) is 2.71. The van der Waals surface area contributed by atoms with Crippen LogP contribution in [0.2, 0.25) is 0 Å². The van der Waals surface area contributed by atoms with Crippen molar-refractivity contribution >= 4 is 43.9 Å². The fourth-order valence-electron chi connectivity index (χ4n) is 1.52. The maximum atomic E-state index is 12.0. The molecule has 2 rings (SSSR count). The monoisotopic (exact) mass is 283 g/mol. The van der Waals surface area contributed by atoms with Crippen LogP contribution in [0.3, 0.4) is 0 Å². The molecule has 0 fully saturated rings. The van der Waals surface area contributed by atoms with Gasteiger partial charge < -0.3 is 10.5 Å². The summed E-state index contributed by atoms with van der Waals surface area (Å²) in [6.07, 6.45) is 0. The Morgan fingerprint density at radius 3 is 2.22 bits per heavy atom. The van der Waals surface area contributed by atoms with E-state index in [0.717, 1.165) is 4.01 Å². The summed E-state index contributed by atoms with van der Waals surface area (Å²) in [5.41, 5.74) is 5.54. The van der Waals surface area contributed by atoms with E-state index in [9.17, 15) is 9.59 Å². The Morgan fingerprint density at radius 1 is 1.17 bits per heavy atom. The zero-order chi connectivity index (χ0) is 13.5. The molecular formula is C12H13NO3S2. The molecule has 0 aliphatic rings. The minimum absolute atomic E-state index is 0.386. The third-order valence-electron chi connectivity index (χ3n) is 2.19. The fraction of sp³-hybridized carbons (Fsp3) is 0.333. The lowest BCUT2D eigenvalue weighted by atomic mass is 10.1. The smallest absolute Gasteiger partial charge is 0.340 e. The minimum atomic E-state index is -0.561. The van der Waals surface area contributed by atoms with Crippen LogP contribution in [0.15, 0.2) is 10.8 Å². The van der Waals surface area contributed by atoms with Gasteiger partial charge in [-0.3, -0.25) is 4.79 Å². The molecule has 0 unspecified atom stereocenters. The summed E-state index contributed by atoms with van der Waals surface area (Å²) >= 11 is 2.82. The molecule has 0 radical (unpaired) electrons. The van der Waals surface area contributed by atoms with Crippen LogP contribution in [0.5, 0.6) is 0 Å². The SMILES string of the molecule is CC(C)(C)OC(=O)c1csc2scc(C(N)=O)c12. The quantitative estimate of drug-likeness (QED) is 0.861. The molecule has 4 nitrogen and oxygen atoms in total. The van der Waals surface area contributed by atoms with Crippen LogP contribution in [0.1, 0.15) is 41.5 Å². The Bertz CT molecular complexity index is 619. The van der Waals surface area contributed by atoms with E-state index in [2.05, 4.69) is 0 Å². The van der Waals surface area contributed by atoms with Crippen molar-refractivity contribution in [2.24, 2.45) is 5.73 Å². The molecule has 2 aromatic rings. The summed E-state index contributed by atoms with van der Waals surface area (Å²) in [5.74, 6) is -0.945. The summed E-state index contributed by atoms with van der Waals surface area (Å²) in [4.78, 5) is 23.4. The summed E-state index contributed by atoms with van der Waals surface area (Å²) in [6.45, 7) is 5.41. The van der Waals surface area contributed by atoms with Gasteiger partial charge in [-0.1, -0.05) is 0 Å². The largest absolute Gasteiger partial charge is 0.456 e. The van der Waals surface area contributed by atoms with Gasteiger partial charge in [-0.15, -0.1) is 22.7 Å². The predicted molar refractivity (Wildman–Crippen MR) is 73.4 cm³/mol. The highest BCUT2D eigenvalue weighted by atomic mass is 32.2. The Hall–Kier alpha value is -1.40. The van der Waals surface area contributed by atoms with Crippen molar-refractivity contribution in [3.8, 4) is 0 Å². The van der Waals surface area contributed by atoms with Crippen LogP contribution in [0, 0.1) is 0 Å². The lowest BCUT2D eigenvalue weighted by Crippen LogP contribution is -2.24. The molecule has 0 aliphatic heterocycles. The van der Waals surface area contributed by atoms with Gasteiger partial charge in [0.15, 0.2) is 0 Å². The molecule has 2 aromatic heterocycles. The molecule has 0 saturated heterocycles. The molecule has 0 aliphatic carbocycles. The van der Waals surface area contributed by atoms with Crippen molar-refractivity contribution in [3.05, 3.63) is 21.9 Å². The van der Waals surface area contributed by atoms with Gasteiger partial charge in [-0.25, -0.2) is 4.79 Å². The molecular weight excluding hydrogens is 270 g/mol. The van der Waals surface area contributed by atoms with Crippen molar-refractivity contribution in [1.82, 2.24) is 0 Å². The van der Waals surface area contributed by atoms with Crippen LogP contribution in [0.4, 0.5) is 0 Å². The van der Waals surface area contributed by atoms with Crippen molar-refractivity contribution < 1.29 is 14.3 Å². The van der Waals surface area contributed by atoms with E-state index in [1.54, 1.807) is 31.5 Å². The second kappa shape index (κ2) is 4.37. The topological polar surface area (TPSA) is 69.4 Å². The maximum absolute atomic E-state index is 12.0. The van der Waals surface area contributed by atoms with Gasteiger partial charge in [0.25, 0.3) is 0 Å². The van der Waals surface area contributed by atoms with Gasteiger partial charge >= 0.3 is 5.97 Å². The number of carbonyl (C=O) groups is 2. The fourth-order valence-corrected chi connectivity index (χ4v) is 3.60. The van der Waals surface area contributed by atoms with Crippen LogP contribution < -0.4 is 5.73 Å². The number of primary amides is 1. The molecule has 0 aromatic carbocycles. The number of rotatable bonds is 2. The number of esters is 1. The lowest BCUT2D eigenvalue weighted by molar-refractivity contribution is 0.00723. The van der Waals surface area contributed by atoms with Crippen LogP contribution in [0.25, 0.3) is 9.40 Å².